The van der Waals surface area contributed by atoms with Crippen molar-refractivity contribution in [3.63, 3.8) is 0 Å². The van der Waals surface area contributed by atoms with E-state index in [1.54, 1.807) is 12.1 Å². The summed E-state index contributed by atoms with van der Waals surface area (Å²) in [6.45, 7) is 0.218. The third-order valence-electron chi connectivity index (χ3n) is 2.16. The lowest BCUT2D eigenvalue weighted by Crippen LogP contribution is -2.12. The molecule has 0 fully saturated rings. The van der Waals surface area contributed by atoms with Gasteiger partial charge in [-0.1, -0.05) is 23.1 Å². The highest BCUT2D eigenvalue weighted by Crippen LogP contribution is 2.16. The Morgan fingerprint density at radius 2 is 2.26 bits per heavy atom. The van der Waals surface area contributed by atoms with Crippen molar-refractivity contribution in [2.24, 2.45) is 5.73 Å². The fourth-order valence-corrected chi connectivity index (χ4v) is 2.43. The third-order valence-corrected chi connectivity index (χ3v) is 3.54. The minimum atomic E-state index is -3.68. The fourth-order valence-electron chi connectivity index (χ4n) is 1.36. The zero-order valence-electron chi connectivity index (χ0n) is 9.83. The van der Waals surface area contributed by atoms with Crippen molar-refractivity contribution >= 4 is 15.7 Å². The molecule has 3 N–H and O–H groups in total. The van der Waals surface area contributed by atoms with Gasteiger partial charge in [-0.15, -0.1) is 0 Å². The van der Waals surface area contributed by atoms with Gasteiger partial charge in [0.05, 0.1) is 17.6 Å². The Bertz CT molecular complexity index is 712. The van der Waals surface area contributed by atoms with E-state index in [4.69, 9.17) is 5.73 Å². The van der Waals surface area contributed by atoms with Crippen LogP contribution in [0, 0.1) is 11.8 Å². The molecular weight excluding hydrogens is 266 g/mol. The van der Waals surface area contributed by atoms with Crippen molar-refractivity contribution in [2.75, 3.05) is 11.3 Å². The average Bonchev–Trinajstić information content (AvgIpc) is 2.89. The molecule has 7 heteroatoms. The minimum absolute atomic E-state index is 0.109. The zero-order chi connectivity index (χ0) is 13.7. The number of hydrogen-bond donors (Lipinski definition) is 2. The number of nitrogens with zero attached hydrogens (tertiary/aromatic N) is 1. The lowest BCUT2D eigenvalue weighted by Gasteiger charge is -2.05. The lowest BCUT2D eigenvalue weighted by molar-refractivity contribution is 0.420. The predicted octanol–water partition coefficient (Wildman–Crippen LogP) is 0.786. The number of hydrogen-bond acceptors (Lipinski definition) is 5. The van der Waals surface area contributed by atoms with E-state index in [0.717, 1.165) is 0 Å². The molecule has 0 aliphatic heterocycles. The minimum Gasteiger partial charge on any atom is -0.362 e. The second-order valence-corrected chi connectivity index (χ2v) is 5.23. The van der Waals surface area contributed by atoms with E-state index in [-0.39, 0.29) is 17.1 Å². The van der Waals surface area contributed by atoms with Gasteiger partial charge in [-0.2, -0.15) is 0 Å². The SMILES string of the molecule is NCC#Cc1cccc(S(=O)(=O)Nc2cnoc2)c1. The zero-order valence-corrected chi connectivity index (χ0v) is 10.6. The van der Waals surface area contributed by atoms with Crippen LogP contribution in [-0.4, -0.2) is 20.1 Å². The first kappa shape index (κ1) is 13.1. The van der Waals surface area contributed by atoms with E-state index >= 15 is 0 Å². The number of nitrogens with two attached hydrogens (primary N) is 1. The van der Waals surface area contributed by atoms with E-state index in [1.165, 1.54) is 24.6 Å². The number of rotatable bonds is 3. The molecule has 2 rings (SSSR count). The first-order chi connectivity index (χ1) is 9.12. The highest BCUT2D eigenvalue weighted by Gasteiger charge is 2.15. The van der Waals surface area contributed by atoms with Crippen LogP contribution in [-0.2, 0) is 10.0 Å². The summed E-state index contributed by atoms with van der Waals surface area (Å²) < 4.78 is 31.0. The van der Waals surface area contributed by atoms with Crippen LogP contribution in [0.2, 0.25) is 0 Å². The summed E-state index contributed by atoms with van der Waals surface area (Å²) in [5.74, 6) is 5.44. The maximum atomic E-state index is 12.1. The summed E-state index contributed by atoms with van der Waals surface area (Å²) in [7, 11) is -3.68. The number of benzene rings is 1. The van der Waals surface area contributed by atoms with Gasteiger partial charge >= 0.3 is 0 Å². The monoisotopic (exact) mass is 277 g/mol. The molecule has 0 aliphatic rings. The largest absolute Gasteiger partial charge is 0.362 e. The molecule has 2 aromatic rings. The van der Waals surface area contributed by atoms with Crippen molar-refractivity contribution in [1.82, 2.24) is 5.16 Å². The Labute approximate surface area is 110 Å². The van der Waals surface area contributed by atoms with E-state index < -0.39 is 10.0 Å². The number of aromatic nitrogens is 1. The number of anilines is 1. The Morgan fingerprint density at radius 3 is 2.95 bits per heavy atom. The molecule has 1 aromatic carbocycles. The van der Waals surface area contributed by atoms with Crippen LogP contribution < -0.4 is 10.5 Å². The summed E-state index contributed by atoms with van der Waals surface area (Å²) in [6.07, 6.45) is 2.48. The molecule has 0 bridgehead atoms. The number of sulfonamides is 1. The van der Waals surface area contributed by atoms with Crippen molar-refractivity contribution in [3.05, 3.63) is 42.3 Å². The van der Waals surface area contributed by atoms with Gasteiger partial charge in [0.1, 0.15) is 12.0 Å². The molecule has 1 heterocycles. The van der Waals surface area contributed by atoms with Crippen LogP contribution in [0.1, 0.15) is 5.56 Å². The van der Waals surface area contributed by atoms with Crippen molar-refractivity contribution < 1.29 is 12.9 Å². The van der Waals surface area contributed by atoms with E-state index in [9.17, 15) is 8.42 Å². The van der Waals surface area contributed by atoms with Crippen LogP contribution in [0.5, 0.6) is 0 Å². The second-order valence-electron chi connectivity index (χ2n) is 3.55. The Morgan fingerprint density at radius 1 is 1.42 bits per heavy atom. The van der Waals surface area contributed by atoms with E-state index in [2.05, 4.69) is 26.2 Å². The molecule has 0 atom stereocenters. The van der Waals surface area contributed by atoms with Crippen LogP contribution in [0.4, 0.5) is 5.69 Å². The second kappa shape index (κ2) is 5.56. The van der Waals surface area contributed by atoms with Crippen LogP contribution in [0.25, 0.3) is 0 Å². The lowest BCUT2D eigenvalue weighted by atomic mass is 10.2. The fraction of sp³-hybridized carbons (Fsp3) is 0.0833. The number of nitrogens with one attached hydrogen (secondary N) is 1. The molecule has 0 saturated carbocycles. The van der Waals surface area contributed by atoms with Gasteiger partial charge in [0.15, 0.2) is 0 Å². The average molecular weight is 277 g/mol. The van der Waals surface area contributed by atoms with Gasteiger partial charge in [-0.3, -0.25) is 4.72 Å². The molecular formula is C12H11N3O3S. The smallest absolute Gasteiger partial charge is 0.262 e. The van der Waals surface area contributed by atoms with Gasteiger partial charge in [-0.25, -0.2) is 8.42 Å². The van der Waals surface area contributed by atoms with Crippen molar-refractivity contribution in [2.45, 2.75) is 4.90 Å². The molecule has 6 nitrogen and oxygen atoms in total. The molecule has 0 spiro atoms. The van der Waals surface area contributed by atoms with Crippen molar-refractivity contribution in [1.29, 1.82) is 0 Å². The topological polar surface area (TPSA) is 98.2 Å². The molecule has 0 aliphatic carbocycles. The van der Waals surface area contributed by atoms with Crippen LogP contribution >= 0.6 is 0 Å². The summed E-state index contributed by atoms with van der Waals surface area (Å²) in [5.41, 5.74) is 6.11. The summed E-state index contributed by atoms with van der Waals surface area (Å²) >= 11 is 0. The van der Waals surface area contributed by atoms with Crippen LogP contribution in [0.15, 0.2) is 46.1 Å². The maximum Gasteiger partial charge on any atom is 0.262 e. The maximum absolute atomic E-state index is 12.1. The quantitative estimate of drug-likeness (QED) is 0.808. The summed E-state index contributed by atoms with van der Waals surface area (Å²) in [4.78, 5) is 0.109. The first-order valence-corrected chi connectivity index (χ1v) is 6.81. The first-order valence-electron chi connectivity index (χ1n) is 5.33. The Balaban J connectivity index is 2.30. The van der Waals surface area contributed by atoms with E-state index in [0.29, 0.717) is 5.56 Å². The van der Waals surface area contributed by atoms with Crippen LogP contribution in [0.3, 0.4) is 0 Å². The van der Waals surface area contributed by atoms with E-state index in [1.807, 2.05) is 0 Å². The molecule has 0 radical (unpaired) electrons. The Hall–Kier alpha value is -2.30. The summed E-state index contributed by atoms with van der Waals surface area (Å²) in [6, 6.07) is 6.27. The van der Waals surface area contributed by atoms with Gasteiger partial charge < -0.3 is 10.3 Å². The highest BCUT2D eigenvalue weighted by molar-refractivity contribution is 7.92. The normalized spacial score (nSPS) is 10.6. The van der Waals surface area contributed by atoms with Gasteiger partial charge in [0.25, 0.3) is 10.0 Å². The van der Waals surface area contributed by atoms with Gasteiger partial charge in [-0.05, 0) is 18.2 Å². The molecule has 0 unspecified atom stereocenters. The molecule has 0 amide bonds. The molecule has 19 heavy (non-hydrogen) atoms. The predicted molar refractivity (Wildman–Crippen MR) is 69.7 cm³/mol. The molecule has 0 saturated heterocycles. The Kier molecular flexibility index (Phi) is 3.85. The van der Waals surface area contributed by atoms with Gasteiger partial charge in [0, 0.05) is 5.56 Å². The van der Waals surface area contributed by atoms with Crippen molar-refractivity contribution in [3.8, 4) is 11.8 Å². The summed E-state index contributed by atoms with van der Waals surface area (Å²) in [5, 5.41) is 3.42. The highest BCUT2D eigenvalue weighted by atomic mass is 32.2. The third kappa shape index (κ3) is 3.34. The molecule has 1 aromatic heterocycles. The standard InChI is InChI=1S/C12H11N3O3S/c13-6-2-4-10-3-1-5-12(7-10)19(16,17)15-11-8-14-18-9-11/h1,3,5,7-9,15H,6,13H2. The van der Waals surface area contributed by atoms with Gasteiger partial charge in [0.2, 0.25) is 0 Å². The molecule has 98 valence electrons.